The quantitative estimate of drug-likeness (QED) is 0.910. The van der Waals surface area contributed by atoms with Crippen LogP contribution in [0.1, 0.15) is 24.8 Å². The first-order valence-corrected chi connectivity index (χ1v) is 9.35. The molecule has 0 radical (unpaired) electrons. The molecule has 122 valence electrons. The Morgan fingerprint density at radius 3 is 2.82 bits per heavy atom. The summed E-state index contributed by atoms with van der Waals surface area (Å²) in [5, 5.41) is 3.35. The number of methoxy groups -OCH3 is 1. The van der Waals surface area contributed by atoms with Gasteiger partial charge in [0.25, 0.3) is 0 Å². The number of carbonyl (C=O) groups excluding carboxylic acids is 1. The highest BCUT2D eigenvalue weighted by atomic mass is 35.5. The van der Waals surface area contributed by atoms with Crippen LogP contribution in [0, 0.1) is 12.8 Å². The van der Waals surface area contributed by atoms with E-state index >= 15 is 0 Å². The van der Waals surface area contributed by atoms with Crippen molar-refractivity contribution < 1.29 is 17.9 Å². The highest BCUT2D eigenvalue weighted by Crippen LogP contribution is 2.31. The third-order valence-corrected chi connectivity index (χ3v) is 6.08. The number of sulfone groups is 1. The van der Waals surface area contributed by atoms with E-state index in [1.165, 1.54) is 7.11 Å². The smallest absolute Gasteiger partial charge is 0.224 e. The highest BCUT2D eigenvalue weighted by Gasteiger charge is 2.26. The third-order valence-electron chi connectivity index (χ3n) is 3.79. The van der Waals surface area contributed by atoms with E-state index in [1.54, 1.807) is 12.1 Å². The minimum absolute atomic E-state index is 0.0944. The van der Waals surface area contributed by atoms with Crippen molar-refractivity contribution in [3.05, 3.63) is 22.7 Å². The number of halogens is 1. The number of nitrogens with one attached hydrogen (secondary N) is 1. The Hall–Kier alpha value is -1.27. The molecule has 0 bridgehead atoms. The third kappa shape index (κ3) is 4.36. The molecule has 0 spiro atoms. The molecule has 2 rings (SSSR count). The predicted molar refractivity (Wildman–Crippen MR) is 87.4 cm³/mol. The molecule has 1 fully saturated rings. The van der Waals surface area contributed by atoms with Crippen LogP contribution >= 0.6 is 11.6 Å². The van der Waals surface area contributed by atoms with Gasteiger partial charge in [0.15, 0.2) is 9.84 Å². The fraction of sp³-hybridized carbons (Fsp3) is 0.533. The zero-order valence-corrected chi connectivity index (χ0v) is 14.3. The first-order chi connectivity index (χ1) is 10.3. The standard InChI is InChI=1S/C15H20ClNO4S/c1-10-6-13(14(21-2)8-12(10)16)17-15(18)7-11-4-3-5-22(19,20)9-11/h6,8,11H,3-5,7,9H2,1-2H3,(H,17,18). The molecule has 7 heteroatoms. The van der Waals surface area contributed by atoms with Crippen LogP contribution < -0.4 is 10.1 Å². The number of benzene rings is 1. The lowest BCUT2D eigenvalue weighted by atomic mass is 10.0. The van der Waals surface area contributed by atoms with E-state index in [0.717, 1.165) is 12.0 Å². The maximum absolute atomic E-state index is 12.2. The van der Waals surface area contributed by atoms with Crippen LogP contribution in [0.3, 0.4) is 0 Å². The lowest BCUT2D eigenvalue weighted by Gasteiger charge is -2.21. The number of rotatable bonds is 4. The molecule has 1 amide bonds. The average molecular weight is 346 g/mol. The van der Waals surface area contributed by atoms with Gasteiger partial charge in [-0.2, -0.15) is 0 Å². The Morgan fingerprint density at radius 2 is 2.18 bits per heavy atom. The van der Waals surface area contributed by atoms with Gasteiger partial charge in [-0.3, -0.25) is 4.79 Å². The SMILES string of the molecule is COc1cc(Cl)c(C)cc1NC(=O)CC1CCCS(=O)(=O)C1. The first-order valence-electron chi connectivity index (χ1n) is 7.15. The molecule has 1 aliphatic heterocycles. The van der Waals surface area contributed by atoms with E-state index in [4.69, 9.17) is 16.3 Å². The second kappa shape index (κ2) is 6.87. The summed E-state index contributed by atoms with van der Waals surface area (Å²) >= 11 is 6.03. The first kappa shape index (κ1) is 17.1. The normalized spacial score (nSPS) is 20.4. The Morgan fingerprint density at radius 1 is 1.45 bits per heavy atom. The van der Waals surface area contributed by atoms with Gasteiger partial charge in [-0.25, -0.2) is 8.42 Å². The van der Waals surface area contributed by atoms with Crippen molar-refractivity contribution in [2.75, 3.05) is 23.9 Å². The number of ether oxygens (including phenoxy) is 1. The van der Waals surface area contributed by atoms with Crippen LogP contribution in [0.5, 0.6) is 5.75 Å². The molecule has 1 saturated heterocycles. The van der Waals surface area contributed by atoms with E-state index in [1.807, 2.05) is 6.92 Å². The molecule has 1 aromatic rings. The van der Waals surface area contributed by atoms with E-state index in [0.29, 0.717) is 22.9 Å². The zero-order chi connectivity index (χ0) is 16.3. The van der Waals surface area contributed by atoms with E-state index in [2.05, 4.69) is 5.32 Å². The van der Waals surface area contributed by atoms with E-state index in [9.17, 15) is 13.2 Å². The molecule has 1 heterocycles. The van der Waals surface area contributed by atoms with Gasteiger partial charge in [0.05, 0.1) is 24.3 Å². The lowest BCUT2D eigenvalue weighted by molar-refractivity contribution is -0.117. The molecule has 1 atom stereocenters. The molecular weight excluding hydrogens is 326 g/mol. The van der Waals surface area contributed by atoms with Crippen LogP contribution in [0.15, 0.2) is 12.1 Å². The van der Waals surface area contributed by atoms with E-state index in [-0.39, 0.29) is 29.8 Å². The molecule has 5 nitrogen and oxygen atoms in total. The van der Waals surface area contributed by atoms with Gasteiger partial charge < -0.3 is 10.1 Å². The molecular formula is C15H20ClNO4S. The minimum atomic E-state index is -3.00. The molecule has 0 aromatic heterocycles. The second-order valence-electron chi connectivity index (χ2n) is 5.68. The van der Waals surface area contributed by atoms with Gasteiger partial charge >= 0.3 is 0 Å². The Labute approximate surface area is 135 Å². The predicted octanol–water partition coefficient (Wildman–Crippen LogP) is 2.81. The maximum Gasteiger partial charge on any atom is 0.224 e. The van der Waals surface area contributed by atoms with Gasteiger partial charge in [0, 0.05) is 17.5 Å². The van der Waals surface area contributed by atoms with E-state index < -0.39 is 9.84 Å². The van der Waals surface area contributed by atoms with Crippen molar-refractivity contribution in [1.29, 1.82) is 0 Å². The van der Waals surface area contributed by atoms with Crippen molar-refractivity contribution in [2.45, 2.75) is 26.2 Å². The number of amides is 1. The summed E-state index contributed by atoms with van der Waals surface area (Å²) in [6, 6.07) is 3.40. The van der Waals surface area contributed by atoms with Gasteiger partial charge in [0.1, 0.15) is 5.75 Å². The Kier molecular flexibility index (Phi) is 5.34. The minimum Gasteiger partial charge on any atom is -0.495 e. The summed E-state index contributed by atoms with van der Waals surface area (Å²) in [4.78, 5) is 12.2. The number of anilines is 1. The molecule has 1 N–H and O–H groups in total. The fourth-order valence-corrected chi connectivity index (χ4v) is 4.60. The molecule has 0 saturated carbocycles. The molecule has 0 aliphatic carbocycles. The topological polar surface area (TPSA) is 72.5 Å². The summed E-state index contributed by atoms with van der Waals surface area (Å²) in [7, 11) is -1.49. The van der Waals surface area contributed by atoms with Crippen LogP contribution in [0.25, 0.3) is 0 Å². The van der Waals surface area contributed by atoms with Gasteiger partial charge in [0.2, 0.25) is 5.91 Å². The number of hydrogen-bond donors (Lipinski definition) is 1. The summed E-state index contributed by atoms with van der Waals surface area (Å²) < 4.78 is 28.4. The Bertz CT molecular complexity index is 672. The van der Waals surface area contributed by atoms with Crippen LogP contribution in [-0.2, 0) is 14.6 Å². The van der Waals surface area contributed by atoms with Crippen LogP contribution in [-0.4, -0.2) is 32.9 Å². The molecule has 1 aromatic carbocycles. The lowest BCUT2D eigenvalue weighted by Crippen LogP contribution is -2.28. The van der Waals surface area contributed by atoms with Gasteiger partial charge in [-0.05, 0) is 37.3 Å². The molecule has 22 heavy (non-hydrogen) atoms. The summed E-state index contributed by atoms with van der Waals surface area (Å²) in [6.45, 7) is 1.84. The average Bonchev–Trinajstić information content (AvgIpc) is 2.41. The maximum atomic E-state index is 12.2. The van der Waals surface area contributed by atoms with Gasteiger partial charge in [-0.15, -0.1) is 0 Å². The van der Waals surface area contributed by atoms with Gasteiger partial charge in [-0.1, -0.05) is 11.6 Å². The molecule has 1 unspecified atom stereocenters. The van der Waals surface area contributed by atoms with Crippen molar-refractivity contribution in [1.82, 2.24) is 0 Å². The van der Waals surface area contributed by atoms with Crippen molar-refractivity contribution >= 4 is 33.0 Å². The number of hydrogen-bond acceptors (Lipinski definition) is 4. The number of aryl methyl sites for hydroxylation is 1. The van der Waals surface area contributed by atoms with Crippen LogP contribution in [0.2, 0.25) is 5.02 Å². The van der Waals surface area contributed by atoms with Crippen LogP contribution in [0.4, 0.5) is 5.69 Å². The largest absolute Gasteiger partial charge is 0.495 e. The van der Waals surface area contributed by atoms with Crippen molar-refractivity contribution in [2.24, 2.45) is 5.92 Å². The summed E-state index contributed by atoms with van der Waals surface area (Å²) in [5.74, 6) is 0.493. The Balaban J connectivity index is 2.05. The summed E-state index contributed by atoms with van der Waals surface area (Å²) in [6.07, 6.45) is 1.59. The summed E-state index contributed by atoms with van der Waals surface area (Å²) in [5.41, 5.74) is 1.38. The fourth-order valence-electron chi connectivity index (χ4n) is 2.67. The highest BCUT2D eigenvalue weighted by molar-refractivity contribution is 7.91. The van der Waals surface area contributed by atoms with Crippen molar-refractivity contribution in [3.63, 3.8) is 0 Å². The monoisotopic (exact) mass is 345 g/mol. The zero-order valence-electron chi connectivity index (χ0n) is 12.7. The van der Waals surface area contributed by atoms with Crippen molar-refractivity contribution in [3.8, 4) is 5.75 Å². The second-order valence-corrected chi connectivity index (χ2v) is 8.31. The molecule has 1 aliphatic rings. The number of carbonyl (C=O) groups is 1.